The largest absolute Gasteiger partial charge is 0.384 e. The number of unbranched alkanes of at least 4 members (excludes halogenated alkanes) is 3. The first-order valence-corrected chi connectivity index (χ1v) is 7.54. The summed E-state index contributed by atoms with van der Waals surface area (Å²) < 4.78 is 0. The Bertz CT molecular complexity index is 503. The van der Waals surface area contributed by atoms with Crippen molar-refractivity contribution < 1.29 is 9.90 Å². The van der Waals surface area contributed by atoms with Crippen LogP contribution in [0.2, 0.25) is 0 Å². The number of nitrogens with one attached hydrogen (secondary N) is 1. The normalized spacial score (nSPS) is 11.4. The monoisotopic (exact) mass is 288 g/mol. The van der Waals surface area contributed by atoms with Gasteiger partial charge in [-0.1, -0.05) is 44.4 Å². The molecule has 0 spiro atoms. The fraction of sp³-hybridized carbons (Fsp3) is 0.529. The van der Waals surface area contributed by atoms with Crippen LogP contribution in [-0.2, 0) is 0 Å². The van der Waals surface area contributed by atoms with E-state index in [9.17, 15) is 4.79 Å². The van der Waals surface area contributed by atoms with Crippen molar-refractivity contribution in [3.63, 3.8) is 0 Å². The maximum atomic E-state index is 12.2. The van der Waals surface area contributed by atoms with Crippen LogP contribution in [0.25, 0.3) is 0 Å². The quantitative estimate of drug-likeness (QED) is 0.598. The lowest BCUT2D eigenvalue weighted by atomic mass is 10.1. The van der Waals surface area contributed by atoms with Crippen LogP contribution in [0.5, 0.6) is 0 Å². The standard InChI is InChI=1S/C17H24N2O2/c1-3-4-5-6-9-14(2)19-17(21)16-15(11-8-13-20)10-7-12-18-16/h7,10,12,14,20H,3-6,9,13H2,1-2H3,(H,19,21). The van der Waals surface area contributed by atoms with Crippen molar-refractivity contribution in [1.29, 1.82) is 0 Å². The van der Waals surface area contributed by atoms with E-state index in [0.717, 1.165) is 12.8 Å². The first-order chi connectivity index (χ1) is 10.2. The SMILES string of the molecule is CCCCCCC(C)NC(=O)c1ncccc1C#CCO. The second kappa shape index (κ2) is 9.95. The maximum Gasteiger partial charge on any atom is 0.271 e. The number of hydrogen-bond acceptors (Lipinski definition) is 3. The second-order valence-electron chi connectivity index (χ2n) is 5.08. The van der Waals surface area contributed by atoms with Gasteiger partial charge >= 0.3 is 0 Å². The molecule has 0 radical (unpaired) electrons. The Hall–Kier alpha value is -1.86. The van der Waals surface area contributed by atoms with Gasteiger partial charge in [-0.2, -0.15) is 0 Å². The number of pyridine rings is 1. The van der Waals surface area contributed by atoms with E-state index in [2.05, 4.69) is 29.1 Å². The lowest BCUT2D eigenvalue weighted by Crippen LogP contribution is -2.33. The van der Waals surface area contributed by atoms with E-state index in [1.165, 1.54) is 19.3 Å². The molecule has 1 aromatic rings. The molecule has 114 valence electrons. The van der Waals surface area contributed by atoms with Crippen molar-refractivity contribution >= 4 is 5.91 Å². The zero-order valence-corrected chi connectivity index (χ0v) is 12.9. The fourth-order valence-corrected chi connectivity index (χ4v) is 2.06. The number of nitrogens with zero attached hydrogens (tertiary/aromatic N) is 1. The highest BCUT2D eigenvalue weighted by Crippen LogP contribution is 2.08. The Labute approximate surface area is 127 Å². The first-order valence-electron chi connectivity index (χ1n) is 7.54. The fourth-order valence-electron chi connectivity index (χ4n) is 2.06. The summed E-state index contributed by atoms with van der Waals surface area (Å²) in [6, 6.07) is 3.58. The van der Waals surface area contributed by atoms with Gasteiger partial charge in [0, 0.05) is 12.2 Å². The Morgan fingerprint density at radius 1 is 1.43 bits per heavy atom. The summed E-state index contributed by atoms with van der Waals surface area (Å²) in [5, 5.41) is 11.7. The van der Waals surface area contributed by atoms with Gasteiger partial charge in [0.05, 0.1) is 5.56 Å². The predicted molar refractivity (Wildman–Crippen MR) is 83.9 cm³/mol. The minimum atomic E-state index is -0.232. The summed E-state index contributed by atoms with van der Waals surface area (Å²) >= 11 is 0. The van der Waals surface area contributed by atoms with Crippen LogP contribution in [0.1, 0.15) is 62.0 Å². The lowest BCUT2D eigenvalue weighted by Gasteiger charge is -2.14. The Morgan fingerprint density at radius 2 is 2.24 bits per heavy atom. The molecule has 0 aliphatic heterocycles. The summed E-state index contributed by atoms with van der Waals surface area (Å²) in [6.07, 6.45) is 7.31. The van der Waals surface area contributed by atoms with Crippen LogP contribution in [0.4, 0.5) is 0 Å². The Kier molecular flexibility index (Phi) is 8.15. The highest BCUT2D eigenvalue weighted by molar-refractivity contribution is 5.94. The second-order valence-corrected chi connectivity index (χ2v) is 5.08. The number of aliphatic hydroxyl groups is 1. The molecule has 1 unspecified atom stereocenters. The predicted octanol–water partition coefficient (Wildman–Crippen LogP) is 2.51. The van der Waals surface area contributed by atoms with Gasteiger partial charge in [-0.15, -0.1) is 0 Å². The summed E-state index contributed by atoms with van der Waals surface area (Å²) in [4.78, 5) is 16.3. The molecule has 0 fully saturated rings. The van der Waals surface area contributed by atoms with Gasteiger partial charge in [-0.25, -0.2) is 4.98 Å². The van der Waals surface area contributed by atoms with Gasteiger partial charge in [-0.3, -0.25) is 4.79 Å². The molecule has 4 heteroatoms. The highest BCUT2D eigenvalue weighted by atomic mass is 16.2. The van der Waals surface area contributed by atoms with Crippen molar-refractivity contribution in [1.82, 2.24) is 10.3 Å². The van der Waals surface area contributed by atoms with E-state index in [1.54, 1.807) is 18.3 Å². The third kappa shape index (κ3) is 6.42. The third-order valence-electron chi connectivity index (χ3n) is 3.19. The number of carbonyl (C=O) groups excluding carboxylic acids is 1. The molecule has 21 heavy (non-hydrogen) atoms. The van der Waals surface area contributed by atoms with Gasteiger partial charge < -0.3 is 10.4 Å². The van der Waals surface area contributed by atoms with Crippen LogP contribution in [0, 0.1) is 11.8 Å². The van der Waals surface area contributed by atoms with E-state index < -0.39 is 0 Å². The summed E-state index contributed by atoms with van der Waals surface area (Å²) in [5.41, 5.74) is 0.862. The van der Waals surface area contributed by atoms with Crippen LogP contribution in [0.15, 0.2) is 18.3 Å². The molecule has 0 saturated heterocycles. The van der Waals surface area contributed by atoms with E-state index in [4.69, 9.17) is 5.11 Å². The topological polar surface area (TPSA) is 62.2 Å². The highest BCUT2D eigenvalue weighted by Gasteiger charge is 2.13. The minimum Gasteiger partial charge on any atom is -0.384 e. The molecule has 0 aromatic carbocycles. The van der Waals surface area contributed by atoms with Gasteiger partial charge in [-0.05, 0) is 25.5 Å². The molecule has 4 nitrogen and oxygen atoms in total. The van der Waals surface area contributed by atoms with Gasteiger partial charge in [0.15, 0.2) is 0 Å². The molecule has 0 aliphatic rings. The molecule has 1 aromatic heterocycles. The zero-order chi connectivity index (χ0) is 15.5. The van der Waals surface area contributed by atoms with E-state index in [0.29, 0.717) is 11.3 Å². The van der Waals surface area contributed by atoms with Crippen molar-refractivity contribution in [2.45, 2.75) is 52.0 Å². The van der Waals surface area contributed by atoms with Crippen molar-refractivity contribution in [3.05, 3.63) is 29.6 Å². The van der Waals surface area contributed by atoms with Crippen LogP contribution < -0.4 is 5.32 Å². The van der Waals surface area contributed by atoms with Crippen LogP contribution in [0.3, 0.4) is 0 Å². The molecule has 1 heterocycles. The number of aliphatic hydroxyl groups excluding tert-OH is 1. The van der Waals surface area contributed by atoms with E-state index in [-0.39, 0.29) is 18.6 Å². The molecular formula is C17H24N2O2. The number of rotatable bonds is 7. The van der Waals surface area contributed by atoms with Gasteiger partial charge in [0.2, 0.25) is 0 Å². The van der Waals surface area contributed by atoms with Crippen molar-refractivity contribution in [3.8, 4) is 11.8 Å². The Balaban J connectivity index is 2.59. The summed E-state index contributed by atoms with van der Waals surface area (Å²) in [7, 11) is 0. The average molecular weight is 288 g/mol. The average Bonchev–Trinajstić information content (AvgIpc) is 2.49. The maximum absolute atomic E-state index is 12.2. The summed E-state index contributed by atoms with van der Waals surface area (Å²) in [5.74, 6) is 5.09. The molecule has 0 aliphatic carbocycles. The van der Waals surface area contributed by atoms with Crippen LogP contribution >= 0.6 is 0 Å². The minimum absolute atomic E-state index is 0.120. The van der Waals surface area contributed by atoms with Crippen molar-refractivity contribution in [2.24, 2.45) is 0 Å². The van der Waals surface area contributed by atoms with Crippen LogP contribution in [-0.4, -0.2) is 28.6 Å². The molecular weight excluding hydrogens is 264 g/mol. The molecule has 1 rings (SSSR count). The smallest absolute Gasteiger partial charge is 0.271 e. The first kappa shape index (κ1) is 17.2. The van der Waals surface area contributed by atoms with Gasteiger partial charge in [0.1, 0.15) is 12.3 Å². The molecule has 1 amide bonds. The lowest BCUT2D eigenvalue weighted by molar-refractivity contribution is 0.0932. The number of aromatic nitrogens is 1. The number of carbonyl (C=O) groups is 1. The van der Waals surface area contributed by atoms with Crippen molar-refractivity contribution in [2.75, 3.05) is 6.61 Å². The third-order valence-corrected chi connectivity index (χ3v) is 3.19. The summed E-state index contributed by atoms with van der Waals surface area (Å²) in [6.45, 7) is 3.96. The van der Waals surface area contributed by atoms with Gasteiger partial charge in [0.25, 0.3) is 5.91 Å². The molecule has 2 N–H and O–H groups in total. The number of hydrogen-bond donors (Lipinski definition) is 2. The van der Waals surface area contributed by atoms with E-state index in [1.807, 2.05) is 6.92 Å². The van der Waals surface area contributed by atoms with E-state index >= 15 is 0 Å². The molecule has 0 bridgehead atoms. The molecule has 1 atom stereocenters. The molecule has 0 saturated carbocycles. The Morgan fingerprint density at radius 3 is 2.95 bits per heavy atom. The number of amides is 1. The zero-order valence-electron chi connectivity index (χ0n) is 12.9.